The number of rotatable bonds is 7. The number of imide groups is 1. The van der Waals surface area contributed by atoms with E-state index in [-0.39, 0.29) is 47.0 Å². The number of primary amides is 1. The van der Waals surface area contributed by atoms with Crippen molar-refractivity contribution in [3.63, 3.8) is 0 Å². The zero-order valence-electron chi connectivity index (χ0n) is 16.9. The predicted molar refractivity (Wildman–Crippen MR) is 105 cm³/mol. The first-order valence-electron chi connectivity index (χ1n) is 10.4. The molecular weight excluding hydrogens is 372 g/mol. The van der Waals surface area contributed by atoms with Gasteiger partial charge in [-0.25, -0.2) is 9.78 Å². The quantitative estimate of drug-likeness (QED) is 0.681. The number of hydrogen-bond acceptors (Lipinski definition) is 5. The van der Waals surface area contributed by atoms with Crippen molar-refractivity contribution in [3.05, 3.63) is 23.9 Å². The number of nitrogens with zero attached hydrogens (tertiary/aromatic N) is 2. The average Bonchev–Trinajstić information content (AvgIpc) is 2.89. The summed E-state index contributed by atoms with van der Waals surface area (Å²) in [6, 6.07) is 2.59. The summed E-state index contributed by atoms with van der Waals surface area (Å²) in [6.45, 7) is 4.19. The summed E-state index contributed by atoms with van der Waals surface area (Å²) < 4.78 is 5.88. The minimum Gasteiger partial charge on any atom is -0.474 e. The Balaban J connectivity index is 1.30. The molecule has 3 fully saturated rings. The lowest BCUT2D eigenvalue weighted by atomic mass is 9.52. The van der Waals surface area contributed by atoms with Crippen LogP contribution >= 0.6 is 0 Å². The largest absolute Gasteiger partial charge is 0.474 e. The van der Waals surface area contributed by atoms with Gasteiger partial charge in [-0.15, -0.1) is 0 Å². The first-order chi connectivity index (χ1) is 13.8. The van der Waals surface area contributed by atoms with Crippen LogP contribution < -0.4 is 15.8 Å². The molecule has 0 radical (unpaired) electrons. The monoisotopic (exact) mass is 400 g/mol. The fraction of sp³-hybridized carbons (Fsp3) is 0.619. The Morgan fingerprint density at radius 3 is 2.76 bits per heavy atom. The molecule has 3 N–H and O–H groups in total. The lowest BCUT2D eigenvalue weighted by Gasteiger charge is -2.58. The topological polar surface area (TPSA) is 115 Å². The average molecular weight is 400 g/mol. The van der Waals surface area contributed by atoms with Crippen LogP contribution in [-0.2, 0) is 4.79 Å². The second-order valence-electron chi connectivity index (χ2n) is 8.89. The standard InChI is InChI=1S/C21H28N4O4/c1-3-12(2)7-16-19(27)25(20(28)24-16)13-8-21(9-13)10-14(11-21)29-18-15(17(22)26)5-4-6-23-18/h4-6,12-14,16H,3,7-11H2,1-2H3,(H2,22,26)(H,24,28). The van der Waals surface area contributed by atoms with Crippen molar-refractivity contribution in [3.8, 4) is 5.88 Å². The lowest BCUT2D eigenvalue weighted by Crippen LogP contribution is -2.60. The van der Waals surface area contributed by atoms with Crippen molar-refractivity contribution < 1.29 is 19.1 Å². The number of ether oxygens (including phenoxy) is 1. The van der Waals surface area contributed by atoms with Gasteiger partial charge in [-0.2, -0.15) is 0 Å². The van der Waals surface area contributed by atoms with Crippen LogP contribution in [-0.4, -0.2) is 45.9 Å². The maximum atomic E-state index is 12.7. The van der Waals surface area contributed by atoms with Gasteiger partial charge in [-0.1, -0.05) is 20.3 Å². The van der Waals surface area contributed by atoms with E-state index in [4.69, 9.17) is 10.5 Å². The number of carbonyl (C=O) groups is 3. The molecule has 1 aromatic rings. The van der Waals surface area contributed by atoms with Crippen LogP contribution in [0, 0.1) is 11.3 Å². The van der Waals surface area contributed by atoms with Crippen LogP contribution in [0.25, 0.3) is 0 Å². The Bertz CT molecular complexity index is 828. The molecule has 156 valence electrons. The second-order valence-corrected chi connectivity index (χ2v) is 8.89. The number of amides is 4. The molecule has 2 unspecified atom stereocenters. The molecule has 1 aliphatic heterocycles. The molecular formula is C21H28N4O4. The Kier molecular flexibility index (Phi) is 4.96. The molecule has 2 aliphatic carbocycles. The highest BCUT2D eigenvalue weighted by atomic mass is 16.5. The summed E-state index contributed by atoms with van der Waals surface area (Å²) in [7, 11) is 0. The second kappa shape index (κ2) is 7.31. The van der Waals surface area contributed by atoms with Crippen LogP contribution in [0.2, 0.25) is 0 Å². The third-order valence-corrected chi connectivity index (χ3v) is 6.73. The van der Waals surface area contributed by atoms with E-state index < -0.39 is 5.91 Å². The van der Waals surface area contributed by atoms with Crippen LogP contribution in [0.5, 0.6) is 5.88 Å². The number of nitrogens with one attached hydrogen (secondary N) is 1. The van der Waals surface area contributed by atoms with Gasteiger partial charge in [-0.05, 0) is 55.6 Å². The number of aromatic nitrogens is 1. The summed E-state index contributed by atoms with van der Waals surface area (Å²) in [4.78, 5) is 42.1. The van der Waals surface area contributed by atoms with Crippen molar-refractivity contribution in [2.24, 2.45) is 17.1 Å². The molecule has 4 amide bonds. The van der Waals surface area contributed by atoms with Gasteiger partial charge in [0.1, 0.15) is 17.7 Å². The Morgan fingerprint density at radius 1 is 1.38 bits per heavy atom. The van der Waals surface area contributed by atoms with Gasteiger partial charge in [0.25, 0.3) is 11.8 Å². The van der Waals surface area contributed by atoms with Crippen molar-refractivity contribution in [1.82, 2.24) is 15.2 Å². The third kappa shape index (κ3) is 3.56. The molecule has 1 aromatic heterocycles. The Labute approximate surface area is 170 Å². The molecule has 2 saturated carbocycles. The highest BCUT2D eigenvalue weighted by Crippen LogP contribution is 2.58. The number of hydrogen-bond donors (Lipinski definition) is 2. The summed E-state index contributed by atoms with van der Waals surface area (Å²) in [5.41, 5.74) is 5.77. The van der Waals surface area contributed by atoms with E-state index in [1.54, 1.807) is 18.3 Å². The first-order valence-corrected chi connectivity index (χ1v) is 10.4. The highest BCUT2D eigenvalue weighted by Gasteiger charge is 2.58. The van der Waals surface area contributed by atoms with Crippen molar-refractivity contribution in [1.29, 1.82) is 0 Å². The molecule has 4 rings (SSSR count). The molecule has 0 bridgehead atoms. The van der Waals surface area contributed by atoms with Crippen LogP contribution in [0.4, 0.5) is 4.79 Å². The molecule has 8 heteroatoms. The Hall–Kier alpha value is -2.64. The Morgan fingerprint density at radius 2 is 2.10 bits per heavy atom. The third-order valence-electron chi connectivity index (χ3n) is 6.73. The van der Waals surface area contributed by atoms with Crippen LogP contribution in [0.3, 0.4) is 0 Å². The van der Waals surface area contributed by atoms with E-state index in [1.807, 2.05) is 0 Å². The number of pyridine rings is 1. The summed E-state index contributed by atoms with van der Waals surface area (Å²) in [6.07, 6.45) is 6.52. The minimum atomic E-state index is -0.559. The number of carbonyl (C=O) groups excluding carboxylic acids is 3. The van der Waals surface area contributed by atoms with E-state index in [0.717, 1.165) is 32.1 Å². The highest BCUT2D eigenvalue weighted by molar-refractivity contribution is 6.04. The first kappa shape index (κ1) is 19.7. The molecule has 1 spiro atoms. The van der Waals surface area contributed by atoms with Gasteiger partial charge >= 0.3 is 6.03 Å². The van der Waals surface area contributed by atoms with Crippen molar-refractivity contribution in [2.45, 2.75) is 70.6 Å². The van der Waals surface area contributed by atoms with E-state index in [2.05, 4.69) is 24.1 Å². The maximum absolute atomic E-state index is 12.7. The van der Waals surface area contributed by atoms with Gasteiger partial charge in [0.2, 0.25) is 5.88 Å². The molecule has 0 aromatic carbocycles. The summed E-state index contributed by atoms with van der Waals surface area (Å²) in [5.74, 6) is 0.0364. The van der Waals surface area contributed by atoms with E-state index in [9.17, 15) is 14.4 Å². The molecule has 2 heterocycles. The lowest BCUT2D eigenvalue weighted by molar-refractivity contribution is -0.141. The molecule has 1 saturated heterocycles. The predicted octanol–water partition coefficient (Wildman–Crippen LogP) is 2.23. The smallest absolute Gasteiger partial charge is 0.325 e. The molecule has 3 aliphatic rings. The number of urea groups is 1. The fourth-order valence-corrected chi connectivity index (χ4v) is 4.90. The zero-order valence-corrected chi connectivity index (χ0v) is 16.9. The van der Waals surface area contributed by atoms with Crippen molar-refractivity contribution in [2.75, 3.05) is 0 Å². The molecule has 2 atom stereocenters. The van der Waals surface area contributed by atoms with Gasteiger partial charge in [0, 0.05) is 12.2 Å². The SMILES string of the molecule is CCC(C)CC1NC(=O)N(C2CC3(CC(Oc4ncccc4C(N)=O)C3)C2)C1=O. The number of nitrogens with two attached hydrogens (primary N) is 1. The van der Waals surface area contributed by atoms with E-state index in [0.29, 0.717) is 12.3 Å². The molecule has 29 heavy (non-hydrogen) atoms. The summed E-state index contributed by atoms with van der Waals surface area (Å²) in [5, 5.41) is 2.85. The van der Waals surface area contributed by atoms with Gasteiger partial charge in [0.05, 0.1) is 0 Å². The zero-order chi connectivity index (χ0) is 20.8. The van der Waals surface area contributed by atoms with Crippen LogP contribution in [0.15, 0.2) is 18.3 Å². The van der Waals surface area contributed by atoms with Gasteiger partial charge < -0.3 is 15.8 Å². The van der Waals surface area contributed by atoms with Crippen LogP contribution in [0.1, 0.15) is 62.7 Å². The van der Waals surface area contributed by atoms with E-state index >= 15 is 0 Å². The summed E-state index contributed by atoms with van der Waals surface area (Å²) >= 11 is 0. The maximum Gasteiger partial charge on any atom is 0.325 e. The normalized spacial score (nSPS) is 31.8. The molecule has 8 nitrogen and oxygen atoms in total. The van der Waals surface area contributed by atoms with Gasteiger partial charge in [0.15, 0.2) is 0 Å². The van der Waals surface area contributed by atoms with Crippen molar-refractivity contribution >= 4 is 17.8 Å². The fourth-order valence-electron chi connectivity index (χ4n) is 4.90. The van der Waals surface area contributed by atoms with E-state index in [1.165, 1.54) is 4.90 Å². The van der Waals surface area contributed by atoms with Gasteiger partial charge in [-0.3, -0.25) is 14.5 Å². The minimum absolute atomic E-state index is 0.0230.